The van der Waals surface area contributed by atoms with Crippen molar-refractivity contribution in [2.24, 2.45) is 0 Å². The third-order valence-electron chi connectivity index (χ3n) is 11.6. The Balaban J connectivity index is 0.888. The first-order valence-electron chi connectivity index (χ1n) is 20.6. The Morgan fingerprint density at radius 1 is 0.242 bits per heavy atom. The molecule has 62 heavy (non-hydrogen) atoms. The lowest BCUT2D eigenvalue weighted by Crippen LogP contribution is -1.94. The fraction of sp³-hybridized carbons (Fsp3) is 0. The maximum atomic E-state index is 5.29. The van der Waals surface area contributed by atoms with Crippen LogP contribution in [-0.2, 0) is 0 Å². The van der Waals surface area contributed by atoms with Gasteiger partial charge in [0, 0.05) is 53.2 Å². The summed E-state index contributed by atoms with van der Waals surface area (Å²) in [6, 6.07) is 72.7. The quantitative estimate of drug-likeness (QED) is 0.161. The highest BCUT2D eigenvalue weighted by Gasteiger charge is 2.19. The summed E-state index contributed by atoms with van der Waals surface area (Å²) in [5, 5.41) is 4.55. The van der Waals surface area contributed by atoms with Gasteiger partial charge in [-0.1, -0.05) is 194 Å². The molecule has 0 atom stereocenters. The molecule has 0 aliphatic rings. The molecule has 4 aromatic heterocycles. The van der Waals surface area contributed by atoms with Crippen LogP contribution in [0.2, 0.25) is 0 Å². The van der Waals surface area contributed by atoms with E-state index in [0.717, 1.165) is 76.9 Å². The molecule has 0 spiro atoms. The molecule has 4 heterocycles. The summed E-state index contributed by atoms with van der Waals surface area (Å²) in [6.07, 6.45) is 0. The first kappa shape index (κ1) is 36.2. The van der Waals surface area contributed by atoms with Gasteiger partial charge in [0.25, 0.3) is 0 Å². The number of benzene rings is 8. The molecule has 6 heteroatoms. The molecule has 0 aliphatic heterocycles. The van der Waals surface area contributed by atoms with Gasteiger partial charge in [-0.05, 0) is 45.5 Å². The summed E-state index contributed by atoms with van der Waals surface area (Å²) in [6.45, 7) is 0. The first-order chi connectivity index (χ1) is 30.7. The van der Waals surface area contributed by atoms with Crippen LogP contribution in [0.5, 0.6) is 0 Å². The van der Waals surface area contributed by atoms with Crippen molar-refractivity contribution < 1.29 is 0 Å². The summed E-state index contributed by atoms with van der Waals surface area (Å²) in [5.41, 5.74) is 13.0. The number of hydrogen-bond acceptors (Lipinski definition) is 6. The van der Waals surface area contributed by atoms with Crippen molar-refractivity contribution in [3.05, 3.63) is 206 Å². The number of nitrogens with zero attached hydrogens (tertiary/aromatic N) is 4. The Morgan fingerprint density at radius 3 is 0.903 bits per heavy atom. The van der Waals surface area contributed by atoms with E-state index in [9.17, 15) is 0 Å². The van der Waals surface area contributed by atoms with E-state index >= 15 is 0 Å². The van der Waals surface area contributed by atoms with Crippen LogP contribution in [0.4, 0.5) is 0 Å². The number of fused-ring (bicyclic) bond motifs is 6. The second-order valence-corrected chi connectivity index (χ2v) is 17.5. The van der Waals surface area contributed by atoms with E-state index in [2.05, 4.69) is 194 Å². The first-order valence-corrected chi connectivity index (χ1v) is 22.2. The van der Waals surface area contributed by atoms with Gasteiger partial charge < -0.3 is 0 Å². The highest BCUT2D eigenvalue weighted by atomic mass is 32.1. The van der Waals surface area contributed by atoms with Crippen molar-refractivity contribution >= 4 is 63.3 Å². The fourth-order valence-electron chi connectivity index (χ4n) is 8.45. The Hall–Kier alpha value is -7.64. The molecule has 0 aliphatic carbocycles. The van der Waals surface area contributed by atoms with Crippen molar-refractivity contribution in [2.75, 3.05) is 0 Å². The smallest absolute Gasteiger partial charge is 0.161 e. The van der Waals surface area contributed by atoms with Crippen molar-refractivity contribution in [2.45, 2.75) is 0 Å². The summed E-state index contributed by atoms with van der Waals surface area (Å²) < 4.78 is 2.41. The molecular formula is C56H34N4S2. The number of thiophene rings is 2. The Labute approximate surface area is 366 Å². The van der Waals surface area contributed by atoms with Gasteiger partial charge in [0.1, 0.15) is 9.66 Å². The average Bonchev–Trinajstić information content (AvgIpc) is 3.93. The Morgan fingerprint density at radius 2 is 0.532 bits per heavy atom. The molecule has 0 amide bonds. The van der Waals surface area contributed by atoms with Gasteiger partial charge in [-0.3, -0.25) is 0 Å². The highest BCUT2D eigenvalue weighted by molar-refractivity contribution is 7.26. The number of aromatic nitrogens is 4. The third-order valence-corrected chi connectivity index (χ3v) is 13.8. The molecule has 12 rings (SSSR count). The van der Waals surface area contributed by atoms with E-state index in [1.165, 1.54) is 42.4 Å². The van der Waals surface area contributed by atoms with Crippen LogP contribution in [0, 0.1) is 0 Å². The van der Waals surface area contributed by atoms with Gasteiger partial charge in [0.05, 0.1) is 11.4 Å². The lowest BCUT2D eigenvalue weighted by Gasteiger charge is -2.10. The zero-order chi connectivity index (χ0) is 41.0. The number of hydrogen-bond donors (Lipinski definition) is 0. The lowest BCUT2D eigenvalue weighted by atomic mass is 9.99. The van der Waals surface area contributed by atoms with E-state index in [0.29, 0.717) is 0 Å². The largest absolute Gasteiger partial charge is 0.227 e. The minimum absolute atomic E-state index is 0.717. The second kappa shape index (κ2) is 15.1. The van der Waals surface area contributed by atoms with Crippen LogP contribution >= 0.6 is 22.7 Å². The van der Waals surface area contributed by atoms with E-state index in [1.807, 2.05) is 12.1 Å². The van der Waals surface area contributed by atoms with Crippen LogP contribution in [-0.4, -0.2) is 19.9 Å². The molecule has 0 bridgehead atoms. The monoisotopic (exact) mass is 826 g/mol. The SMILES string of the molecule is c1ccc(-c2ccc(-c3nc(-c4ccc(-c5ccc(-c6nc(-c7ccc(-c8ccccc8)cc7)c7c(n6)sc6ccccc67)cc5)cc4)c4c(n3)sc3ccccc34)cc2)cc1. The normalized spacial score (nSPS) is 11.5. The van der Waals surface area contributed by atoms with Gasteiger partial charge in [-0.2, -0.15) is 0 Å². The van der Waals surface area contributed by atoms with Crippen molar-refractivity contribution in [3.63, 3.8) is 0 Å². The van der Waals surface area contributed by atoms with Gasteiger partial charge in [-0.15, -0.1) is 22.7 Å². The third kappa shape index (κ3) is 6.45. The van der Waals surface area contributed by atoms with Gasteiger partial charge in [0.2, 0.25) is 0 Å². The van der Waals surface area contributed by atoms with Crippen molar-refractivity contribution in [1.29, 1.82) is 0 Å². The van der Waals surface area contributed by atoms with Crippen LogP contribution in [0.25, 0.3) is 119 Å². The van der Waals surface area contributed by atoms with E-state index in [1.54, 1.807) is 22.7 Å². The molecule has 4 nitrogen and oxygen atoms in total. The zero-order valence-corrected chi connectivity index (χ0v) is 34.9. The van der Waals surface area contributed by atoms with Crippen molar-refractivity contribution in [3.8, 4) is 78.7 Å². The van der Waals surface area contributed by atoms with E-state index < -0.39 is 0 Å². The molecule has 290 valence electrons. The molecule has 12 aromatic rings. The lowest BCUT2D eigenvalue weighted by molar-refractivity contribution is 1.24. The predicted molar refractivity (Wildman–Crippen MR) is 261 cm³/mol. The zero-order valence-electron chi connectivity index (χ0n) is 33.2. The summed E-state index contributed by atoms with van der Waals surface area (Å²) in [7, 11) is 0. The van der Waals surface area contributed by atoms with Crippen LogP contribution in [0.15, 0.2) is 206 Å². The molecule has 0 N–H and O–H groups in total. The predicted octanol–water partition coefficient (Wildman–Crippen LogP) is 15.7. The van der Waals surface area contributed by atoms with Crippen LogP contribution in [0.1, 0.15) is 0 Å². The van der Waals surface area contributed by atoms with Crippen molar-refractivity contribution in [1.82, 2.24) is 19.9 Å². The van der Waals surface area contributed by atoms with Gasteiger partial charge in [-0.25, -0.2) is 19.9 Å². The standard InChI is InChI=1S/C56H34N4S2/c1-3-11-35(12-4-1)37-19-27-41(28-20-37)51-49-45-15-7-9-17-47(45)61-55(49)60-54(57-51)44-33-25-40(26-34-44)39-21-29-42(30-22-39)52-50-46-16-8-10-18-48(46)62-56(50)59-53(58-52)43-31-23-38(24-32-43)36-13-5-2-6-14-36/h1-34H. The van der Waals surface area contributed by atoms with Gasteiger partial charge in [0.15, 0.2) is 11.6 Å². The van der Waals surface area contributed by atoms with Crippen LogP contribution in [0.3, 0.4) is 0 Å². The second-order valence-electron chi connectivity index (χ2n) is 15.4. The maximum Gasteiger partial charge on any atom is 0.161 e. The number of rotatable bonds is 7. The van der Waals surface area contributed by atoms with E-state index in [-0.39, 0.29) is 0 Å². The molecule has 0 saturated heterocycles. The summed E-state index contributed by atoms with van der Waals surface area (Å²) in [5.74, 6) is 1.44. The molecule has 8 aromatic carbocycles. The minimum Gasteiger partial charge on any atom is -0.227 e. The molecule has 0 unspecified atom stereocenters. The highest BCUT2D eigenvalue weighted by Crippen LogP contribution is 2.42. The maximum absolute atomic E-state index is 5.29. The molecular weight excluding hydrogens is 793 g/mol. The topological polar surface area (TPSA) is 51.6 Å². The molecule has 0 saturated carbocycles. The molecule has 0 radical (unpaired) electrons. The van der Waals surface area contributed by atoms with Crippen LogP contribution < -0.4 is 0 Å². The average molecular weight is 827 g/mol. The minimum atomic E-state index is 0.717. The Kier molecular flexibility index (Phi) is 8.84. The van der Waals surface area contributed by atoms with E-state index in [4.69, 9.17) is 19.9 Å². The van der Waals surface area contributed by atoms with Gasteiger partial charge >= 0.3 is 0 Å². The summed E-state index contributed by atoms with van der Waals surface area (Å²) >= 11 is 3.44. The fourth-order valence-corrected chi connectivity index (χ4v) is 10.6. The summed E-state index contributed by atoms with van der Waals surface area (Å²) in [4.78, 5) is 22.8. The molecule has 0 fully saturated rings. The Bertz CT molecular complexity index is 3580.